The van der Waals surface area contributed by atoms with E-state index in [-0.39, 0.29) is 11.7 Å². The third-order valence-electron chi connectivity index (χ3n) is 6.00. The molecule has 1 atom stereocenters. The lowest BCUT2D eigenvalue weighted by Gasteiger charge is -2.19. The van der Waals surface area contributed by atoms with Crippen LogP contribution in [0.2, 0.25) is 0 Å². The van der Waals surface area contributed by atoms with Gasteiger partial charge in [-0.15, -0.1) is 0 Å². The summed E-state index contributed by atoms with van der Waals surface area (Å²) >= 11 is 0. The van der Waals surface area contributed by atoms with Gasteiger partial charge in [-0.3, -0.25) is 0 Å². The first-order valence-electron chi connectivity index (χ1n) is 11.4. The van der Waals surface area contributed by atoms with Gasteiger partial charge >= 0.3 is 0 Å². The van der Waals surface area contributed by atoms with E-state index in [4.69, 9.17) is 15.1 Å². The number of nitrogens with two attached hydrogens (primary N) is 1. The van der Waals surface area contributed by atoms with Gasteiger partial charge in [0.1, 0.15) is 16.8 Å². The number of halogens is 1. The van der Waals surface area contributed by atoms with Crippen LogP contribution in [-0.2, 0) is 24.0 Å². The van der Waals surface area contributed by atoms with Gasteiger partial charge in [0.15, 0.2) is 0 Å². The van der Waals surface area contributed by atoms with Crippen molar-refractivity contribution < 1.29 is 8.60 Å². The van der Waals surface area contributed by atoms with E-state index < -0.39 is 11.0 Å². The predicted molar refractivity (Wildman–Crippen MR) is 137 cm³/mol. The van der Waals surface area contributed by atoms with Gasteiger partial charge in [0, 0.05) is 12.1 Å². The number of rotatable bonds is 6. The first kappa shape index (κ1) is 24.0. The summed E-state index contributed by atoms with van der Waals surface area (Å²) in [7, 11) is -1.49. The van der Waals surface area contributed by atoms with E-state index in [0.29, 0.717) is 17.4 Å². The maximum atomic E-state index is 13.4. The Balaban J connectivity index is 1.64. The number of nitrogens with one attached hydrogen (secondary N) is 1. The highest BCUT2D eigenvalue weighted by Gasteiger charge is 2.18. The van der Waals surface area contributed by atoms with Crippen molar-refractivity contribution in [1.82, 2.24) is 9.97 Å². The van der Waals surface area contributed by atoms with E-state index in [0.717, 1.165) is 40.9 Å². The van der Waals surface area contributed by atoms with Crippen LogP contribution in [0, 0.1) is 5.82 Å². The maximum Gasteiger partial charge on any atom is 0.223 e. The average Bonchev–Trinajstić information content (AvgIpc) is 2.81. The van der Waals surface area contributed by atoms with Gasteiger partial charge < -0.3 is 5.32 Å². The molecule has 0 saturated heterocycles. The Morgan fingerprint density at radius 3 is 2.38 bits per heavy atom. The van der Waals surface area contributed by atoms with Crippen LogP contribution in [0.15, 0.2) is 65.1 Å². The summed E-state index contributed by atoms with van der Waals surface area (Å²) in [4.78, 5) is 10.3. The third kappa shape index (κ3) is 5.48. The van der Waals surface area contributed by atoms with E-state index in [2.05, 4.69) is 32.2 Å². The molecule has 1 aromatic heterocycles. The molecule has 0 saturated carbocycles. The zero-order valence-electron chi connectivity index (χ0n) is 19.6. The summed E-state index contributed by atoms with van der Waals surface area (Å²) in [5, 5.41) is 8.77. The smallest absolute Gasteiger partial charge is 0.223 e. The maximum absolute atomic E-state index is 13.4. The molecule has 5 nitrogen and oxygen atoms in total. The van der Waals surface area contributed by atoms with Gasteiger partial charge in [-0.05, 0) is 72.7 Å². The van der Waals surface area contributed by atoms with Crippen molar-refractivity contribution in [3.8, 4) is 0 Å². The van der Waals surface area contributed by atoms with Crippen LogP contribution in [-0.4, -0.2) is 14.2 Å². The van der Waals surface area contributed by atoms with Crippen LogP contribution in [0.1, 0.15) is 61.2 Å². The van der Waals surface area contributed by atoms with E-state index in [1.54, 1.807) is 12.1 Å². The highest BCUT2D eigenvalue weighted by Crippen LogP contribution is 2.31. The number of fused-ring (bicyclic) bond motifs is 1. The summed E-state index contributed by atoms with van der Waals surface area (Å²) in [6.45, 7) is 6.96. The molecular formula is C27H29FN4OS. The zero-order valence-corrected chi connectivity index (χ0v) is 20.5. The molecule has 3 aromatic rings. The van der Waals surface area contributed by atoms with Gasteiger partial charge in [0.2, 0.25) is 5.95 Å². The lowest BCUT2D eigenvalue weighted by atomic mass is 9.90. The van der Waals surface area contributed by atoms with E-state index in [1.807, 2.05) is 30.3 Å². The van der Waals surface area contributed by atoms with Gasteiger partial charge in [0.25, 0.3) is 0 Å². The van der Waals surface area contributed by atoms with Crippen LogP contribution in [0.5, 0.6) is 0 Å². The van der Waals surface area contributed by atoms with Crippen LogP contribution >= 0.6 is 0 Å². The summed E-state index contributed by atoms with van der Waals surface area (Å²) in [5.74, 6) is 0.589. The highest BCUT2D eigenvalue weighted by atomic mass is 32.2. The quantitative estimate of drug-likeness (QED) is 0.474. The molecule has 0 aliphatic heterocycles. The predicted octanol–water partition coefficient (Wildman–Crippen LogP) is 5.77. The molecule has 1 aliphatic rings. The summed E-state index contributed by atoms with van der Waals surface area (Å²) in [5.41, 5.74) is 7.49. The van der Waals surface area contributed by atoms with Gasteiger partial charge in [-0.2, -0.15) is 0 Å². The minimum atomic E-state index is -1.49. The molecule has 0 amide bonds. The monoisotopic (exact) mass is 476 g/mol. The lowest BCUT2D eigenvalue weighted by Crippen LogP contribution is -2.12. The third-order valence-corrected chi connectivity index (χ3v) is 6.73. The Kier molecular flexibility index (Phi) is 7.34. The van der Waals surface area contributed by atoms with Crippen molar-refractivity contribution in [2.75, 3.05) is 5.32 Å². The Bertz CT molecular complexity index is 1270. The number of hydrogen-bond donors (Lipinski definition) is 2. The fourth-order valence-electron chi connectivity index (χ4n) is 4.12. The molecular weight excluding hydrogens is 447 g/mol. The van der Waals surface area contributed by atoms with Crippen LogP contribution < -0.4 is 10.5 Å². The largest absolute Gasteiger partial charge is 0.350 e. The summed E-state index contributed by atoms with van der Waals surface area (Å²) in [6, 6.07) is 14.0. The van der Waals surface area contributed by atoms with Crippen molar-refractivity contribution in [3.05, 3.63) is 94.1 Å². The fourth-order valence-corrected chi connectivity index (χ4v) is 4.52. The zero-order chi connectivity index (χ0) is 24.2. The minimum Gasteiger partial charge on any atom is -0.350 e. The molecule has 1 unspecified atom stereocenters. The van der Waals surface area contributed by atoms with Crippen molar-refractivity contribution >= 4 is 28.6 Å². The number of nitrogens with zero attached hydrogens (tertiary/aromatic N) is 2. The van der Waals surface area contributed by atoms with E-state index in [1.165, 1.54) is 23.3 Å². The first-order valence-corrected chi connectivity index (χ1v) is 12.6. The van der Waals surface area contributed by atoms with Crippen molar-refractivity contribution in [2.45, 2.75) is 51.0 Å². The molecule has 7 heteroatoms. The van der Waals surface area contributed by atoms with Crippen LogP contribution in [0.3, 0.4) is 0 Å². The number of hydrogen-bond acceptors (Lipinski definition) is 4. The molecule has 1 heterocycles. The van der Waals surface area contributed by atoms with Crippen molar-refractivity contribution in [3.63, 3.8) is 0 Å². The molecule has 0 spiro atoms. The van der Waals surface area contributed by atoms with Gasteiger partial charge in [0.05, 0.1) is 16.3 Å². The molecule has 1 aliphatic carbocycles. The van der Waals surface area contributed by atoms with Gasteiger partial charge in [-0.25, -0.2) is 23.7 Å². The number of allylic oxidation sites excluding steroid dienone is 3. The standard InChI is InChI=1S/C27H29FN4OS/c1-17(2)26-24-13-4-18(3)23(20-7-9-21(28)10-8-20)14-15-25(24)31-27(32-26)30-16-19-5-11-22(12-6-19)34(29)33/h5-12,14-15,17H,4,13,16,29H2,1-3H3,(H,30,31,32)/b15-14-,23-18-. The molecule has 0 fully saturated rings. The number of anilines is 1. The second kappa shape index (κ2) is 10.4. The van der Waals surface area contributed by atoms with Gasteiger partial charge in [-0.1, -0.05) is 49.8 Å². The molecule has 2 aromatic carbocycles. The number of benzene rings is 2. The lowest BCUT2D eigenvalue weighted by molar-refractivity contribution is 0.627. The molecule has 0 radical (unpaired) electrons. The second-order valence-corrected chi connectivity index (χ2v) is 9.85. The highest BCUT2D eigenvalue weighted by molar-refractivity contribution is 7.82. The number of aromatic nitrogens is 2. The summed E-state index contributed by atoms with van der Waals surface area (Å²) < 4.78 is 24.8. The van der Waals surface area contributed by atoms with E-state index in [9.17, 15) is 8.60 Å². The minimum absolute atomic E-state index is 0.238. The Morgan fingerprint density at radius 2 is 1.74 bits per heavy atom. The van der Waals surface area contributed by atoms with Crippen LogP contribution in [0.4, 0.5) is 10.3 Å². The molecule has 3 N–H and O–H groups in total. The Morgan fingerprint density at radius 1 is 1.03 bits per heavy atom. The molecule has 4 rings (SSSR count). The van der Waals surface area contributed by atoms with Crippen LogP contribution in [0.25, 0.3) is 11.6 Å². The normalized spacial score (nSPS) is 17.6. The second-order valence-electron chi connectivity index (χ2n) is 8.78. The Hall–Kier alpha value is -3.16. The topological polar surface area (TPSA) is 80.9 Å². The van der Waals surface area contributed by atoms with Crippen molar-refractivity contribution in [1.29, 1.82) is 0 Å². The molecule has 0 bridgehead atoms. The average molecular weight is 477 g/mol. The molecule has 176 valence electrons. The van der Waals surface area contributed by atoms with Crippen molar-refractivity contribution in [2.24, 2.45) is 5.14 Å². The molecule has 34 heavy (non-hydrogen) atoms. The SMILES string of the molecule is C/C1=C(c2ccc(F)cc2)\C=C/c2nc(NCc3ccc(S(N)=O)cc3)nc(C(C)C)c2CC1. The van der Waals surface area contributed by atoms with E-state index >= 15 is 0 Å². The first-order chi connectivity index (χ1) is 16.3. The summed E-state index contributed by atoms with van der Waals surface area (Å²) in [6.07, 6.45) is 5.85. The fraction of sp³-hybridized carbons (Fsp3) is 0.259. The Labute approximate surface area is 202 Å².